The molecule has 3 aromatic rings. The molecule has 2 heterocycles. The van der Waals surface area contributed by atoms with Gasteiger partial charge in [-0.1, -0.05) is 65.8 Å². The second-order valence-corrected chi connectivity index (χ2v) is 7.18. The highest BCUT2D eigenvalue weighted by molar-refractivity contribution is 5.93. The molecular weight excluding hydrogens is 352 g/mol. The summed E-state index contributed by atoms with van der Waals surface area (Å²) in [4.78, 5) is 14.6. The van der Waals surface area contributed by atoms with Crippen molar-refractivity contribution in [2.45, 2.75) is 19.4 Å². The predicted molar refractivity (Wildman–Crippen MR) is 107 cm³/mol. The van der Waals surface area contributed by atoms with Crippen molar-refractivity contribution in [3.8, 4) is 11.3 Å². The maximum atomic E-state index is 12.7. The number of carbonyl (C=O) groups excluding carboxylic acids is 1. The molecule has 1 amide bonds. The Morgan fingerprint density at radius 3 is 2.43 bits per heavy atom. The number of rotatable bonds is 6. The summed E-state index contributed by atoms with van der Waals surface area (Å²) >= 11 is 0. The summed E-state index contributed by atoms with van der Waals surface area (Å²) in [5.41, 5.74) is 2.48. The van der Waals surface area contributed by atoms with Gasteiger partial charge >= 0.3 is 0 Å². The molecule has 0 bridgehead atoms. The van der Waals surface area contributed by atoms with Crippen molar-refractivity contribution >= 4 is 5.91 Å². The molecule has 5 nitrogen and oxygen atoms in total. The lowest BCUT2D eigenvalue weighted by atomic mass is 9.97. The van der Waals surface area contributed by atoms with Crippen LogP contribution in [0.3, 0.4) is 0 Å². The first-order valence-corrected chi connectivity index (χ1v) is 9.72. The number of hydrogen-bond acceptors (Lipinski definition) is 4. The highest BCUT2D eigenvalue weighted by Gasteiger charge is 2.26. The molecule has 0 unspecified atom stereocenters. The van der Waals surface area contributed by atoms with Gasteiger partial charge in [-0.15, -0.1) is 0 Å². The summed E-state index contributed by atoms with van der Waals surface area (Å²) in [5.74, 6) is 1.05. The standard InChI is InChI=1S/C23H24N2O3/c26-23(21-15-22(28-24-21)20-9-5-2-6-10-20)25-13-11-19(12-14-25)17-27-16-18-7-3-1-4-8-18/h1-10,15,19H,11-14,16-17H2. The van der Waals surface area contributed by atoms with Crippen molar-refractivity contribution in [1.29, 1.82) is 0 Å². The molecule has 0 atom stereocenters. The number of benzene rings is 2. The fourth-order valence-electron chi connectivity index (χ4n) is 3.50. The van der Waals surface area contributed by atoms with E-state index in [0.29, 0.717) is 24.0 Å². The molecule has 2 aromatic carbocycles. The highest BCUT2D eigenvalue weighted by atomic mass is 16.5. The van der Waals surface area contributed by atoms with Crippen LogP contribution in [0.5, 0.6) is 0 Å². The van der Waals surface area contributed by atoms with Gasteiger partial charge in [-0.05, 0) is 24.3 Å². The van der Waals surface area contributed by atoms with Gasteiger partial charge in [-0.25, -0.2) is 0 Å². The molecule has 4 rings (SSSR count). The lowest BCUT2D eigenvalue weighted by molar-refractivity contribution is 0.0473. The minimum atomic E-state index is -0.0606. The Labute approximate surface area is 164 Å². The molecule has 0 aliphatic carbocycles. The third-order valence-electron chi connectivity index (χ3n) is 5.15. The van der Waals surface area contributed by atoms with Gasteiger partial charge < -0.3 is 14.2 Å². The second-order valence-electron chi connectivity index (χ2n) is 7.18. The molecule has 1 aromatic heterocycles. The van der Waals surface area contributed by atoms with Crippen LogP contribution in [0.25, 0.3) is 11.3 Å². The first-order chi connectivity index (χ1) is 13.8. The number of ether oxygens (including phenoxy) is 1. The van der Waals surface area contributed by atoms with E-state index in [1.807, 2.05) is 53.4 Å². The highest BCUT2D eigenvalue weighted by Crippen LogP contribution is 2.23. The molecule has 28 heavy (non-hydrogen) atoms. The van der Waals surface area contributed by atoms with Crippen LogP contribution in [-0.4, -0.2) is 35.7 Å². The predicted octanol–water partition coefficient (Wildman–Crippen LogP) is 4.41. The Kier molecular flexibility index (Phi) is 5.83. The zero-order chi connectivity index (χ0) is 19.2. The maximum Gasteiger partial charge on any atom is 0.276 e. The zero-order valence-corrected chi connectivity index (χ0v) is 15.8. The minimum Gasteiger partial charge on any atom is -0.376 e. The third-order valence-corrected chi connectivity index (χ3v) is 5.15. The van der Waals surface area contributed by atoms with E-state index in [4.69, 9.17) is 9.26 Å². The number of amides is 1. The van der Waals surface area contributed by atoms with Gasteiger partial charge in [0.05, 0.1) is 6.61 Å². The van der Waals surface area contributed by atoms with E-state index in [1.54, 1.807) is 6.07 Å². The molecule has 0 spiro atoms. The fourth-order valence-corrected chi connectivity index (χ4v) is 3.50. The summed E-state index contributed by atoms with van der Waals surface area (Å²) in [6, 6.07) is 21.6. The van der Waals surface area contributed by atoms with E-state index in [9.17, 15) is 4.79 Å². The van der Waals surface area contributed by atoms with Crippen molar-refractivity contribution in [3.05, 3.63) is 78.0 Å². The second kappa shape index (κ2) is 8.85. The van der Waals surface area contributed by atoms with Gasteiger partial charge in [0.1, 0.15) is 0 Å². The quantitative estimate of drug-likeness (QED) is 0.639. The number of piperidine rings is 1. The topological polar surface area (TPSA) is 55.6 Å². The average molecular weight is 376 g/mol. The van der Waals surface area contributed by atoms with E-state index < -0.39 is 0 Å². The average Bonchev–Trinajstić information content (AvgIpc) is 3.25. The Morgan fingerprint density at radius 1 is 1.04 bits per heavy atom. The number of likely N-dealkylation sites (tertiary alicyclic amines) is 1. The number of carbonyl (C=O) groups is 1. The van der Waals surface area contributed by atoms with Crippen molar-refractivity contribution in [3.63, 3.8) is 0 Å². The molecule has 0 saturated carbocycles. The van der Waals surface area contributed by atoms with Crippen molar-refractivity contribution < 1.29 is 14.1 Å². The van der Waals surface area contributed by atoms with Crippen LogP contribution in [0.2, 0.25) is 0 Å². The van der Waals surface area contributed by atoms with Gasteiger partial charge in [0, 0.05) is 31.3 Å². The van der Waals surface area contributed by atoms with E-state index in [2.05, 4.69) is 17.3 Å². The van der Waals surface area contributed by atoms with Crippen LogP contribution in [0, 0.1) is 5.92 Å². The summed E-state index contributed by atoms with van der Waals surface area (Å²) in [6.07, 6.45) is 1.90. The molecule has 1 saturated heterocycles. The Morgan fingerprint density at radius 2 is 1.71 bits per heavy atom. The van der Waals surface area contributed by atoms with Crippen LogP contribution in [-0.2, 0) is 11.3 Å². The van der Waals surface area contributed by atoms with Gasteiger partial charge in [0.15, 0.2) is 11.5 Å². The Bertz CT molecular complexity index is 884. The van der Waals surface area contributed by atoms with Crippen molar-refractivity contribution in [2.24, 2.45) is 5.92 Å². The first-order valence-electron chi connectivity index (χ1n) is 9.72. The first kappa shape index (κ1) is 18.4. The van der Waals surface area contributed by atoms with Crippen LogP contribution in [0.15, 0.2) is 71.3 Å². The fraction of sp³-hybridized carbons (Fsp3) is 0.304. The molecule has 1 aliphatic rings. The van der Waals surface area contributed by atoms with E-state index >= 15 is 0 Å². The summed E-state index contributed by atoms with van der Waals surface area (Å²) in [6.45, 7) is 2.83. The van der Waals surface area contributed by atoms with Gasteiger partial charge in [0.25, 0.3) is 5.91 Å². The van der Waals surface area contributed by atoms with Crippen molar-refractivity contribution in [1.82, 2.24) is 10.1 Å². The van der Waals surface area contributed by atoms with Gasteiger partial charge in [-0.3, -0.25) is 4.79 Å². The summed E-state index contributed by atoms with van der Waals surface area (Å²) < 4.78 is 11.2. The minimum absolute atomic E-state index is 0.0606. The molecule has 5 heteroatoms. The number of hydrogen-bond donors (Lipinski definition) is 0. The van der Waals surface area contributed by atoms with Crippen LogP contribution < -0.4 is 0 Å². The van der Waals surface area contributed by atoms with E-state index in [0.717, 1.165) is 38.1 Å². The summed E-state index contributed by atoms with van der Waals surface area (Å²) in [7, 11) is 0. The summed E-state index contributed by atoms with van der Waals surface area (Å²) in [5, 5.41) is 3.98. The van der Waals surface area contributed by atoms with Crippen LogP contribution >= 0.6 is 0 Å². The SMILES string of the molecule is O=C(c1cc(-c2ccccc2)on1)N1CCC(COCc2ccccc2)CC1. The molecule has 1 fully saturated rings. The number of aromatic nitrogens is 1. The zero-order valence-electron chi connectivity index (χ0n) is 15.8. The number of nitrogens with zero attached hydrogens (tertiary/aromatic N) is 2. The lowest BCUT2D eigenvalue weighted by Crippen LogP contribution is -2.39. The molecule has 144 valence electrons. The van der Waals surface area contributed by atoms with Crippen molar-refractivity contribution in [2.75, 3.05) is 19.7 Å². The van der Waals surface area contributed by atoms with E-state index in [1.165, 1.54) is 5.56 Å². The smallest absolute Gasteiger partial charge is 0.276 e. The molecular formula is C23H24N2O3. The largest absolute Gasteiger partial charge is 0.376 e. The molecule has 0 radical (unpaired) electrons. The van der Waals surface area contributed by atoms with Crippen LogP contribution in [0.1, 0.15) is 28.9 Å². The molecule has 0 N–H and O–H groups in total. The van der Waals surface area contributed by atoms with Gasteiger partial charge in [0.2, 0.25) is 0 Å². The Hall–Kier alpha value is -2.92. The van der Waals surface area contributed by atoms with Gasteiger partial charge in [-0.2, -0.15) is 0 Å². The monoisotopic (exact) mass is 376 g/mol. The van der Waals surface area contributed by atoms with Crippen LogP contribution in [0.4, 0.5) is 0 Å². The maximum absolute atomic E-state index is 12.7. The molecule has 1 aliphatic heterocycles. The Balaban J connectivity index is 1.26. The third kappa shape index (κ3) is 4.49. The van der Waals surface area contributed by atoms with E-state index in [-0.39, 0.29) is 5.91 Å². The lowest BCUT2D eigenvalue weighted by Gasteiger charge is -2.31. The normalized spacial score (nSPS) is 14.9.